The standard InChI is InChI=1S/C14H15N5O/c1-18(2)12-6-4-10(5-7-12)14(20)17-13-11(8-15)9-16-19(13)3/h4-7,9H,1-3H3,(H,17,20). The number of benzene rings is 1. The van der Waals surface area contributed by atoms with Gasteiger partial charge in [-0.3, -0.25) is 9.48 Å². The molecular formula is C14H15N5O. The number of hydrogen-bond donors (Lipinski definition) is 1. The average molecular weight is 269 g/mol. The number of aryl methyl sites for hydroxylation is 1. The monoisotopic (exact) mass is 269 g/mol. The maximum Gasteiger partial charge on any atom is 0.256 e. The fourth-order valence-electron chi connectivity index (χ4n) is 1.76. The molecular weight excluding hydrogens is 254 g/mol. The number of aromatic nitrogens is 2. The predicted octanol–water partition coefficient (Wildman–Crippen LogP) is 1.61. The van der Waals surface area contributed by atoms with Crippen LogP contribution < -0.4 is 10.2 Å². The van der Waals surface area contributed by atoms with Crippen LogP contribution in [0.25, 0.3) is 0 Å². The van der Waals surface area contributed by atoms with Gasteiger partial charge in [-0.05, 0) is 24.3 Å². The molecule has 0 radical (unpaired) electrons. The summed E-state index contributed by atoms with van der Waals surface area (Å²) >= 11 is 0. The highest BCUT2D eigenvalue weighted by molar-refractivity contribution is 6.04. The second-order valence-corrected chi connectivity index (χ2v) is 4.54. The van der Waals surface area contributed by atoms with Crippen molar-refractivity contribution < 1.29 is 4.79 Å². The van der Waals surface area contributed by atoms with Gasteiger partial charge in [0.1, 0.15) is 17.5 Å². The van der Waals surface area contributed by atoms with Crippen molar-refractivity contribution >= 4 is 17.4 Å². The number of carbonyl (C=O) groups excluding carboxylic acids is 1. The van der Waals surface area contributed by atoms with Gasteiger partial charge in [0.25, 0.3) is 5.91 Å². The minimum absolute atomic E-state index is 0.268. The van der Waals surface area contributed by atoms with E-state index in [9.17, 15) is 4.79 Å². The number of nitrogens with zero attached hydrogens (tertiary/aromatic N) is 4. The summed E-state index contributed by atoms with van der Waals surface area (Å²) in [6, 6.07) is 9.21. The summed E-state index contributed by atoms with van der Waals surface area (Å²) in [4.78, 5) is 14.1. The number of carbonyl (C=O) groups is 1. The molecule has 0 aliphatic carbocycles. The van der Waals surface area contributed by atoms with Gasteiger partial charge >= 0.3 is 0 Å². The van der Waals surface area contributed by atoms with Gasteiger partial charge in [0.2, 0.25) is 0 Å². The van der Waals surface area contributed by atoms with Gasteiger partial charge in [0, 0.05) is 32.4 Å². The van der Waals surface area contributed by atoms with Crippen molar-refractivity contribution in [1.82, 2.24) is 9.78 Å². The lowest BCUT2D eigenvalue weighted by molar-refractivity contribution is 0.102. The zero-order valence-corrected chi connectivity index (χ0v) is 11.6. The molecule has 1 aromatic heterocycles. The van der Waals surface area contributed by atoms with E-state index in [4.69, 9.17) is 5.26 Å². The zero-order chi connectivity index (χ0) is 14.7. The first kappa shape index (κ1) is 13.6. The van der Waals surface area contributed by atoms with Crippen molar-refractivity contribution in [3.8, 4) is 6.07 Å². The van der Waals surface area contributed by atoms with Crippen molar-refractivity contribution in [2.24, 2.45) is 7.05 Å². The number of nitriles is 1. The van der Waals surface area contributed by atoms with Crippen molar-refractivity contribution in [3.05, 3.63) is 41.6 Å². The Morgan fingerprint density at radius 3 is 2.55 bits per heavy atom. The summed E-state index contributed by atoms with van der Waals surface area (Å²) < 4.78 is 1.46. The van der Waals surface area contributed by atoms with Crippen LogP contribution in [0.4, 0.5) is 11.5 Å². The molecule has 0 fully saturated rings. The molecule has 0 aliphatic heterocycles. The molecule has 1 amide bonds. The summed E-state index contributed by atoms with van der Waals surface area (Å²) in [5, 5.41) is 15.6. The summed E-state index contributed by atoms with van der Waals surface area (Å²) in [5.41, 5.74) is 1.88. The van der Waals surface area contributed by atoms with Crippen LogP contribution in [0.1, 0.15) is 15.9 Å². The van der Waals surface area contributed by atoms with E-state index in [1.165, 1.54) is 10.9 Å². The Morgan fingerprint density at radius 1 is 1.35 bits per heavy atom. The van der Waals surface area contributed by atoms with Gasteiger partial charge in [0.05, 0.1) is 6.20 Å². The normalized spacial score (nSPS) is 9.90. The van der Waals surface area contributed by atoms with Crippen LogP contribution >= 0.6 is 0 Å². The summed E-state index contributed by atoms with van der Waals surface area (Å²) in [5.74, 6) is 0.129. The third-order valence-electron chi connectivity index (χ3n) is 2.94. The highest BCUT2D eigenvalue weighted by atomic mass is 16.1. The smallest absolute Gasteiger partial charge is 0.256 e. The van der Waals surface area contributed by atoms with Gasteiger partial charge < -0.3 is 10.2 Å². The lowest BCUT2D eigenvalue weighted by atomic mass is 10.2. The first-order valence-corrected chi connectivity index (χ1v) is 6.03. The first-order chi connectivity index (χ1) is 9.52. The summed E-state index contributed by atoms with van der Waals surface area (Å²) in [6.07, 6.45) is 1.42. The molecule has 0 saturated carbocycles. The molecule has 2 aromatic rings. The minimum atomic E-state index is -0.268. The molecule has 1 heterocycles. The van der Waals surface area contributed by atoms with E-state index < -0.39 is 0 Å². The van der Waals surface area contributed by atoms with Crippen molar-refractivity contribution in [2.45, 2.75) is 0 Å². The van der Waals surface area contributed by atoms with E-state index in [2.05, 4.69) is 10.4 Å². The minimum Gasteiger partial charge on any atom is -0.378 e. The molecule has 0 aliphatic rings. The van der Waals surface area contributed by atoms with Crippen LogP contribution in [-0.4, -0.2) is 29.8 Å². The molecule has 0 bridgehead atoms. The summed E-state index contributed by atoms with van der Waals surface area (Å²) in [6.45, 7) is 0. The molecule has 0 spiro atoms. The number of hydrogen-bond acceptors (Lipinski definition) is 4. The number of rotatable bonds is 3. The van der Waals surface area contributed by atoms with Crippen LogP contribution in [0.2, 0.25) is 0 Å². The third kappa shape index (κ3) is 2.62. The van der Waals surface area contributed by atoms with Crippen LogP contribution in [0.15, 0.2) is 30.5 Å². The Morgan fingerprint density at radius 2 is 2.00 bits per heavy atom. The zero-order valence-electron chi connectivity index (χ0n) is 11.6. The molecule has 0 saturated heterocycles. The fourth-order valence-corrected chi connectivity index (χ4v) is 1.76. The fraction of sp³-hybridized carbons (Fsp3) is 0.214. The first-order valence-electron chi connectivity index (χ1n) is 6.03. The Labute approximate surface area is 117 Å². The maximum atomic E-state index is 12.1. The van der Waals surface area contributed by atoms with E-state index in [1.807, 2.05) is 37.2 Å². The number of anilines is 2. The van der Waals surface area contributed by atoms with Crippen LogP contribution in [-0.2, 0) is 7.05 Å². The highest BCUT2D eigenvalue weighted by Gasteiger charge is 2.13. The molecule has 20 heavy (non-hydrogen) atoms. The number of amides is 1. The van der Waals surface area contributed by atoms with E-state index in [0.717, 1.165) is 5.69 Å². The Balaban J connectivity index is 2.20. The number of nitrogens with one attached hydrogen (secondary N) is 1. The van der Waals surface area contributed by atoms with Crippen LogP contribution in [0.3, 0.4) is 0 Å². The summed E-state index contributed by atoms with van der Waals surface area (Å²) in [7, 11) is 5.54. The molecule has 1 N–H and O–H groups in total. The SMILES string of the molecule is CN(C)c1ccc(C(=O)Nc2c(C#N)cnn2C)cc1. The Hall–Kier alpha value is -2.81. The predicted molar refractivity (Wildman–Crippen MR) is 76.6 cm³/mol. The largest absolute Gasteiger partial charge is 0.378 e. The van der Waals surface area contributed by atoms with E-state index >= 15 is 0 Å². The molecule has 2 rings (SSSR count). The topological polar surface area (TPSA) is 74.0 Å². The molecule has 102 valence electrons. The Kier molecular flexibility index (Phi) is 3.71. The molecule has 0 atom stereocenters. The molecule has 6 heteroatoms. The van der Waals surface area contributed by atoms with E-state index in [0.29, 0.717) is 16.9 Å². The van der Waals surface area contributed by atoms with E-state index in [1.54, 1.807) is 19.2 Å². The van der Waals surface area contributed by atoms with Gasteiger partial charge in [-0.1, -0.05) is 0 Å². The lowest BCUT2D eigenvalue weighted by Crippen LogP contribution is -2.16. The van der Waals surface area contributed by atoms with E-state index in [-0.39, 0.29) is 5.91 Å². The average Bonchev–Trinajstić information content (AvgIpc) is 2.79. The molecule has 6 nitrogen and oxygen atoms in total. The van der Waals surface area contributed by atoms with Crippen LogP contribution in [0.5, 0.6) is 0 Å². The van der Waals surface area contributed by atoms with Crippen molar-refractivity contribution in [3.63, 3.8) is 0 Å². The third-order valence-corrected chi connectivity index (χ3v) is 2.94. The quantitative estimate of drug-likeness (QED) is 0.918. The van der Waals surface area contributed by atoms with Gasteiger partial charge in [0.15, 0.2) is 0 Å². The second kappa shape index (κ2) is 5.45. The van der Waals surface area contributed by atoms with Gasteiger partial charge in [-0.15, -0.1) is 0 Å². The second-order valence-electron chi connectivity index (χ2n) is 4.54. The molecule has 1 aromatic carbocycles. The van der Waals surface area contributed by atoms with Crippen molar-refractivity contribution in [2.75, 3.05) is 24.3 Å². The van der Waals surface area contributed by atoms with Gasteiger partial charge in [-0.25, -0.2) is 0 Å². The van der Waals surface area contributed by atoms with Gasteiger partial charge in [-0.2, -0.15) is 10.4 Å². The van der Waals surface area contributed by atoms with Crippen LogP contribution in [0, 0.1) is 11.3 Å². The maximum absolute atomic E-state index is 12.1. The molecule has 0 unspecified atom stereocenters. The lowest BCUT2D eigenvalue weighted by Gasteiger charge is -2.12. The Bertz CT molecular complexity index is 664. The highest BCUT2D eigenvalue weighted by Crippen LogP contribution is 2.16. The van der Waals surface area contributed by atoms with Crippen molar-refractivity contribution in [1.29, 1.82) is 5.26 Å².